The summed E-state index contributed by atoms with van der Waals surface area (Å²) in [6.45, 7) is 1.73. The van der Waals surface area contributed by atoms with E-state index in [1.807, 2.05) is 7.05 Å². The average molecular weight is 337 g/mol. The topological polar surface area (TPSA) is 58.2 Å². The quantitative estimate of drug-likeness (QED) is 0.758. The standard InChI is InChI=1S/C11H21NO.C9H15NO/c1-9(13)10-7-5-3-4-6-8-11(10)12-2;11-9-7-5-3-1-2-4-6-8(7)10-9/h10-12H,3-8H2,1-2H3;7-8H,1-6H2,(H,10,11)/t10-,11?;7-,8?/m01/s1. The van der Waals surface area contributed by atoms with Crippen LogP contribution < -0.4 is 10.6 Å². The van der Waals surface area contributed by atoms with Crippen LogP contribution >= 0.6 is 0 Å². The van der Waals surface area contributed by atoms with Gasteiger partial charge < -0.3 is 10.6 Å². The van der Waals surface area contributed by atoms with Crippen LogP contribution in [0, 0.1) is 11.8 Å². The molecule has 4 atom stereocenters. The fourth-order valence-electron chi connectivity index (χ4n) is 4.48. The van der Waals surface area contributed by atoms with E-state index in [4.69, 9.17) is 0 Å². The van der Waals surface area contributed by atoms with Gasteiger partial charge in [0.25, 0.3) is 0 Å². The van der Waals surface area contributed by atoms with Crippen molar-refractivity contribution in [2.45, 2.75) is 96.1 Å². The number of β-lactam (4-membered cyclic amide) rings is 1. The normalized spacial score (nSPS) is 33.8. The van der Waals surface area contributed by atoms with Crippen LogP contribution in [0.25, 0.3) is 0 Å². The number of amides is 1. The molecule has 2 saturated carbocycles. The highest BCUT2D eigenvalue weighted by Gasteiger charge is 2.38. The number of carbonyl (C=O) groups excluding carboxylic acids is 2. The molecule has 138 valence electrons. The highest BCUT2D eigenvalue weighted by atomic mass is 16.2. The van der Waals surface area contributed by atoms with Gasteiger partial charge in [-0.15, -0.1) is 0 Å². The molecule has 0 aromatic heterocycles. The summed E-state index contributed by atoms with van der Waals surface area (Å²) in [5, 5.41) is 6.26. The van der Waals surface area contributed by atoms with Crippen LogP contribution in [0.2, 0.25) is 0 Å². The Labute approximate surface area is 147 Å². The van der Waals surface area contributed by atoms with Gasteiger partial charge in [0.15, 0.2) is 0 Å². The van der Waals surface area contributed by atoms with E-state index in [-0.39, 0.29) is 5.92 Å². The van der Waals surface area contributed by atoms with Crippen molar-refractivity contribution in [2.75, 3.05) is 7.05 Å². The molecule has 0 aromatic carbocycles. The predicted octanol–water partition coefficient (Wildman–Crippen LogP) is 3.59. The second-order valence-electron chi connectivity index (χ2n) is 7.82. The van der Waals surface area contributed by atoms with Crippen LogP contribution in [0.5, 0.6) is 0 Å². The van der Waals surface area contributed by atoms with Crippen LogP contribution in [0.4, 0.5) is 0 Å². The Balaban J connectivity index is 0.000000175. The summed E-state index contributed by atoms with van der Waals surface area (Å²) in [4.78, 5) is 22.4. The van der Waals surface area contributed by atoms with Crippen molar-refractivity contribution >= 4 is 11.7 Å². The van der Waals surface area contributed by atoms with Gasteiger partial charge in [-0.2, -0.15) is 0 Å². The number of nitrogens with one attached hydrogen (secondary N) is 2. The molecule has 1 amide bonds. The molecule has 3 aliphatic rings. The van der Waals surface area contributed by atoms with Gasteiger partial charge in [0, 0.05) is 18.0 Å². The van der Waals surface area contributed by atoms with Crippen molar-refractivity contribution < 1.29 is 9.59 Å². The molecular weight excluding hydrogens is 300 g/mol. The minimum absolute atomic E-state index is 0.269. The summed E-state index contributed by atoms with van der Waals surface area (Å²) in [7, 11) is 1.97. The summed E-state index contributed by atoms with van der Waals surface area (Å²) < 4.78 is 0. The van der Waals surface area contributed by atoms with Crippen molar-refractivity contribution in [3.63, 3.8) is 0 Å². The van der Waals surface area contributed by atoms with E-state index < -0.39 is 0 Å². The molecule has 0 spiro atoms. The van der Waals surface area contributed by atoms with Gasteiger partial charge in [0.2, 0.25) is 5.91 Å². The first-order valence-electron chi connectivity index (χ1n) is 10.1. The summed E-state index contributed by atoms with van der Waals surface area (Å²) in [5.41, 5.74) is 0. The van der Waals surface area contributed by atoms with E-state index in [1.165, 1.54) is 64.2 Å². The number of Topliss-reactive ketones (excluding diaryl/α,β-unsaturated/α-hetero) is 1. The first-order chi connectivity index (χ1) is 11.6. The number of carbonyl (C=O) groups is 2. The van der Waals surface area contributed by atoms with Gasteiger partial charge in [0.1, 0.15) is 5.78 Å². The molecular formula is C20H36N2O2. The first-order valence-corrected chi connectivity index (χ1v) is 10.1. The van der Waals surface area contributed by atoms with Crippen molar-refractivity contribution in [1.29, 1.82) is 0 Å². The van der Waals surface area contributed by atoms with Crippen LogP contribution in [-0.4, -0.2) is 30.8 Å². The third-order valence-corrected chi connectivity index (χ3v) is 6.09. The minimum Gasteiger partial charge on any atom is -0.352 e. The van der Waals surface area contributed by atoms with E-state index in [0.717, 1.165) is 12.8 Å². The van der Waals surface area contributed by atoms with E-state index in [0.29, 0.717) is 29.7 Å². The molecule has 2 N–H and O–H groups in total. The Morgan fingerprint density at radius 2 is 1.50 bits per heavy atom. The van der Waals surface area contributed by atoms with Crippen LogP contribution in [-0.2, 0) is 9.59 Å². The highest BCUT2D eigenvalue weighted by Crippen LogP contribution is 2.28. The summed E-state index contributed by atoms with van der Waals surface area (Å²) in [6, 6.07) is 0.973. The van der Waals surface area contributed by atoms with Gasteiger partial charge in [-0.1, -0.05) is 51.4 Å². The second kappa shape index (κ2) is 10.2. The van der Waals surface area contributed by atoms with Gasteiger partial charge in [-0.25, -0.2) is 0 Å². The number of rotatable bonds is 2. The van der Waals surface area contributed by atoms with E-state index in [9.17, 15) is 9.59 Å². The average Bonchev–Trinajstić information content (AvgIpc) is 2.50. The van der Waals surface area contributed by atoms with Crippen molar-refractivity contribution in [3.8, 4) is 0 Å². The fourth-order valence-corrected chi connectivity index (χ4v) is 4.48. The predicted molar refractivity (Wildman–Crippen MR) is 97.8 cm³/mol. The zero-order chi connectivity index (χ0) is 17.4. The second-order valence-corrected chi connectivity index (χ2v) is 7.82. The third-order valence-electron chi connectivity index (χ3n) is 6.09. The van der Waals surface area contributed by atoms with Crippen LogP contribution in [0.1, 0.15) is 84.0 Å². The third kappa shape index (κ3) is 5.58. The van der Waals surface area contributed by atoms with Crippen molar-refractivity contribution in [2.24, 2.45) is 11.8 Å². The van der Waals surface area contributed by atoms with Crippen molar-refractivity contribution in [3.05, 3.63) is 0 Å². The zero-order valence-electron chi connectivity index (χ0n) is 15.6. The lowest BCUT2D eigenvalue weighted by Gasteiger charge is -2.38. The molecule has 24 heavy (non-hydrogen) atoms. The number of hydrogen-bond acceptors (Lipinski definition) is 3. The number of hydrogen-bond donors (Lipinski definition) is 2. The molecule has 2 aliphatic carbocycles. The lowest BCUT2D eigenvalue weighted by molar-refractivity contribution is -0.136. The Morgan fingerprint density at radius 1 is 0.917 bits per heavy atom. The Morgan fingerprint density at radius 3 is 2.08 bits per heavy atom. The Kier molecular flexibility index (Phi) is 8.23. The number of fused-ring (bicyclic) bond motifs is 1. The molecule has 2 unspecified atom stereocenters. The van der Waals surface area contributed by atoms with Gasteiger partial charge in [-0.3, -0.25) is 9.59 Å². The maximum Gasteiger partial charge on any atom is 0.225 e. The Hall–Kier alpha value is -0.900. The Bertz CT molecular complexity index is 410. The van der Waals surface area contributed by atoms with Gasteiger partial charge in [-0.05, 0) is 39.7 Å². The van der Waals surface area contributed by atoms with E-state index >= 15 is 0 Å². The molecule has 4 heteroatoms. The lowest BCUT2D eigenvalue weighted by atomic mass is 9.81. The molecule has 4 nitrogen and oxygen atoms in total. The van der Waals surface area contributed by atoms with Crippen LogP contribution in [0.15, 0.2) is 0 Å². The highest BCUT2D eigenvalue weighted by molar-refractivity contribution is 5.85. The molecule has 0 bridgehead atoms. The van der Waals surface area contributed by atoms with E-state index in [1.54, 1.807) is 6.92 Å². The van der Waals surface area contributed by atoms with Gasteiger partial charge in [0.05, 0.1) is 5.92 Å². The zero-order valence-corrected chi connectivity index (χ0v) is 15.6. The van der Waals surface area contributed by atoms with Gasteiger partial charge >= 0.3 is 0 Å². The molecule has 0 radical (unpaired) electrons. The lowest BCUT2D eigenvalue weighted by Crippen LogP contribution is -2.58. The molecule has 1 heterocycles. The molecule has 3 rings (SSSR count). The molecule has 3 fully saturated rings. The first kappa shape index (κ1) is 19.4. The van der Waals surface area contributed by atoms with Crippen molar-refractivity contribution in [1.82, 2.24) is 10.6 Å². The SMILES string of the molecule is CNC1CCCCCC[C@H]1C(C)=O.O=C1NC2CCCCCC[C@@H]12. The monoisotopic (exact) mass is 336 g/mol. The van der Waals surface area contributed by atoms with E-state index in [2.05, 4.69) is 10.6 Å². The smallest absolute Gasteiger partial charge is 0.225 e. The fraction of sp³-hybridized carbons (Fsp3) is 0.900. The maximum atomic E-state index is 11.4. The summed E-state index contributed by atoms with van der Waals surface area (Å²) in [6.07, 6.45) is 15.0. The summed E-state index contributed by atoms with van der Waals surface area (Å²) >= 11 is 0. The molecule has 1 saturated heterocycles. The molecule has 0 aromatic rings. The number of ketones is 1. The molecule has 1 aliphatic heterocycles. The van der Waals surface area contributed by atoms with Crippen LogP contribution in [0.3, 0.4) is 0 Å². The summed E-state index contributed by atoms with van der Waals surface area (Å²) in [5.74, 6) is 1.32. The largest absolute Gasteiger partial charge is 0.352 e. The maximum absolute atomic E-state index is 11.4. The minimum atomic E-state index is 0.269.